The Balaban J connectivity index is 1.78. The van der Waals surface area contributed by atoms with E-state index in [9.17, 15) is 14.4 Å². The van der Waals surface area contributed by atoms with Gasteiger partial charge in [0.2, 0.25) is 6.29 Å². The molecule has 2 aromatic rings. The lowest BCUT2D eigenvalue weighted by molar-refractivity contribution is -0.207. The van der Waals surface area contributed by atoms with Gasteiger partial charge in [-0.1, -0.05) is 50.6 Å². The van der Waals surface area contributed by atoms with Crippen LogP contribution in [-0.2, 0) is 28.5 Å². The van der Waals surface area contributed by atoms with Crippen LogP contribution in [0.4, 0.5) is 0 Å². The van der Waals surface area contributed by atoms with Crippen LogP contribution in [0.1, 0.15) is 51.4 Å². The van der Waals surface area contributed by atoms with Crippen molar-refractivity contribution in [3.8, 4) is 16.9 Å². The summed E-state index contributed by atoms with van der Waals surface area (Å²) in [5.74, 6) is -0.585. The average Bonchev–Trinajstić information content (AvgIpc) is 2.94. The first-order valence-corrected chi connectivity index (χ1v) is 13.9. The number of rotatable bonds is 12. The Labute approximate surface area is 240 Å². The molecule has 1 heterocycles. The predicted octanol–water partition coefficient (Wildman–Crippen LogP) is 5.13. The largest absolute Gasteiger partial charge is 0.463 e. The normalized spacial score (nSPS) is 15.7. The van der Waals surface area contributed by atoms with Gasteiger partial charge in [0.1, 0.15) is 12.4 Å². The minimum absolute atomic E-state index is 0.0174. The first kappa shape index (κ1) is 31.4. The zero-order chi connectivity index (χ0) is 29.2. The van der Waals surface area contributed by atoms with Crippen LogP contribution in [-0.4, -0.2) is 74.2 Å². The molecule has 1 aliphatic heterocycles. The Kier molecular flexibility index (Phi) is 11.8. The van der Waals surface area contributed by atoms with Crippen molar-refractivity contribution in [2.75, 3.05) is 32.9 Å². The van der Waals surface area contributed by atoms with Crippen LogP contribution in [0.15, 0.2) is 42.5 Å². The third kappa shape index (κ3) is 8.94. The number of esters is 2. The first-order chi connectivity index (χ1) is 19.1. The lowest BCUT2D eigenvalue weighted by atomic mass is 10.0. The van der Waals surface area contributed by atoms with E-state index in [-0.39, 0.29) is 18.4 Å². The standard InChI is InChI=1S/C30H38ClNO8/c1-6-26(38-21(5)34)30(40-28(19(2)3)18-37-20(4)33)39-27-12-11-24(17-25(27)31)22-7-9-23(10-8-22)29(35)32-13-15-36-16-14-32/h7-12,17,19,26,28,30H,6,13-16,18H2,1-5H3. The Hall–Kier alpha value is -3.14. The minimum Gasteiger partial charge on any atom is -0.463 e. The summed E-state index contributed by atoms with van der Waals surface area (Å²) in [5.41, 5.74) is 2.33. The maximum atomic E-state index is 12.8. The van der Waals surface area contributed by atoms with Gasteiger partial charge in [-0.25, -0.2) is 0 Å². The summed E-state index contributed by atoms with van der Waals surface area (Å²) >= 11 is 6.63. The van der Waals surface area contributed by atoms with Gasteiger partial charge in [0, 0.05) is 32.5 Å². The fraction of sp³-hybridized carbons (Fsp3) is 0.500. The predicted molar refractivity (Wildman–Crippen MR) is 150 cm³/mol. The molecule has 40 heavy (non-hydrogen) atoms. The van der Waals surface area contributed by atoms with Gasteiger partial charge < -0.3 is 28.6 Å². The monoisotopic (exact) mass is 575 g/mol. The third-order valence-corrected chi connectivity index (χ3v) is 6.76. The third-order valence-electron chi connectivity index (χ3n) is 6.47. The second-order valence-electron chi connectivity index (χ2n) is 9.89. The SMILES string of the molecule is CCC(OC(C)=O)C(Oc1ccc(-c2ccc(C(=O)N3CCOCC3)cc2)cc1Cl)OC(COC(C)=O)C(C)C. The van der Waals surface area contributed by atoms with E-state index in [1.165, 1.54) is 13.8 Å². The minimum atomic E-state index is -0.995. The number of hydrogen-bond donors (Lipinski definition) is 0. The zero-order valence-electron chi connectivity index (χ0n) is 23.7. The molecule has 2 aromatic carbocycles. The van der Waals surface area contributed by atoms with Crippen LogP contribution in [0.3, 0.4) is 0 Å². The van der Waals surface area contributed by atoms with Crippen molar-refractivity contribution in [2.45, 2.75) is 59.5 Å². The average molecular weight is 576 g/mol. The number of amides is 1. The smallest absolute Gasteiger partial charge is 0.303 e. The number of hydrogen-bond acceptors (Lipinski definition) is 8. The summed E-state index contributed by atoms with van der Waals surface area (Å²) < 4.78 is 28.3. The molecule has 0 N–H and O–H groups in total. The summed E-state index contributed by atoms with van der Waals surface area (Å²) in [4.78, 5) is 37.7. The molecule has 0 bridgehead atoms. The van der Waals surface area contributed by atoms with Crippen LogP contribution in [0.5, 0.6) is 5.75 Å². The number of benzene rings is 2. The molecular formula is C30H38ClNO8. The molecule has 218 valence electrons. The number of nitrogens with zero attached hydrogens (tertiary/aromatic N) is 1. The van der Waals surface area contributed by atoms with Gasteiger partial charge in [-0.2, -0.15) is 0 Å². The van der Waals surface area contributed by atoms with Crippen molar-refractivity contribution < 1.29 is 38.1 Å². The van der Waals surface area contributed by atoms with Crippen LogP contribution in [0.25, 0.3) is 11.1 Å². The van der Waals surface area contributed by atoms with Crippen molar-refractivity contribution in [2.24, 2.45) is 5.92 Å². The highest BCUT2D eigenvalue weighted by Crippen LogP contribution is 2.33. The highest BCUT2D eigenvalue weighted by Gasteiger charge is 2.31. The van der Waals surface area contributed by atoms with E-state index < -0.39 is 30.4 Å². The molecule has 1 aliphatic rings. The van der Waals surface area contributed by atoms with Crippen LogP contribution >= 0.6 is 11.6 Å². The topological polar surface area (TPSA) is 101 Å². The van der Waals surface area contributed by atoms with Gasteiger partial charge in [0.05, 0.1) is 24.3 Å². The molecule has 3 unspecified atom stereocenters. The highest BCUT2D eigenvalue weighted by molar-refractivity contribution is 6.32. The van der Waals surface area contributed by atoms with Gasteiger partial charge in [-0.05, 0) is 47.7 Å². The number of carbonyl (C=O) groups excluding carboxylic acids is 3. The van der Waals surface area contributed by atoms with Crippen molar-refractivity contribution in [3.63, 3.8) is 0 Å². The zero-order valence-corrected chi connectivity index (χ0v) is 24.4. The van der Waals surface area contributed by atoms with Gasteiger partial charge >= 0.3 is 11.9 Å². The Morgan fingerprint density at radius 3 is 2.15 bits per heavy atom. The second-order valence-corrected chi connectivity index (χ2v) is 10.3. The van der Waals surface area contributed by atoms with E-state index >= 15 is 0 Å². The van der Waals surface area contributed by atoms with Gasteiger partial charge in [-0.15, -0.1) is 0 Å². The Morgan fingerprint density at radius 2 is 1.60 bits per heavy atom. The summed E-state index contributed by atoms with van der Waals surface area (Å²) in [7, 11) is 0. The van der Waals surface area contributed by atoms with E-state index in [1.807, 2.05) is 39.0 Å². The maximum Gasteiger partial charge on any atom is 0.303 e. The number of ether oxygens (including phenoxy) is 5. The molecule has 0 radical (unpaired) electrons. The molecule has 0 spiro atoms. The summed E-state index contributed by atoms with van der Waals surface area (Å²) in [6.07, 6.45) is -1.79. The first-order valence-electron chi connectivity index (χ1n) is 13.5. The van der Waals surface area contributed by atoms with Crippen molar-refractivity contribution in [3.05, 3.63) is 53.1 Å². The molecule has 1 saturated heterocycles. The highest BCUT2D eigenvalue weighted by atomic mass is 35.5. The quantitative estimate of drug-likeness (QED) is 0.254. The number of carbonyl (C=O) groups is 3. The molecule has 0 aliphatic carbocycles. The Morgan fingerprint density at radius 1 is 0.950 bits per heavy atom. The second kappa shape index (κ2) is 15.0. The molecule has 0 saturated carbocycles. The Bertz CT molecular complexity index is 1150. The van der Waals surface area contributed by atoms with E-state index in [0.29, 0.717) is 49.1 Å². The van der Waals surface area contributed by atoms with Crippen molar-refractivity contribution >= 4 is 29.4 Å². The molecule has 3 rings (SSSR count). The van der Waals surface area contributed by atoms with Crippen LogP contribution < -0.4 is 4.74 Å². The molecule has 0 aromatic heterocycles. The lowest BCUT2D eigenvalue weighted by Gasteiger charge is -2.31. The lowest BCUT2D eigenvalue weighted by Crippen LogP contribution is -2.42. The van der Waals surface area contributed by atoms with Crippen molar-refractivity contribution in [1.29, 1.82) is 0 Å². The summed E-state index contributed by atoms with van der Waals surface area (Å²) in [6.45, 7) is 10.7. The molecule has 3 atom stereocenters. The van der Waals surface area contributed by atoms with Crippen LogP contribution in [0, 0.1) is 5.92 Å². The number of morpholine rings is 1. The maximum absolute atomic E-state index is 12.8. The fourth-order valence-electron chi connectivity index (χ4n) is 4.15. The van der Waals surface area contributed by atoms with E-state index in [0.717, 1.165) is 11.1 Å². The van der Waals surface area contributed by atoms with E-state index in [2.05, 4.69) is 0 Å². The van der Waals surface area contributed by atoms with Crippen molar-refractivity contribution in [1.82, 2.24) is 4.90 Å². The fourth-order valence-corrected chi connectivity index (χ4v) is 4.38. The molecule has 1 amide bonds. The number of halogens is 1. The molecular weight excluding hydrogens is 538 g/mol. The molecule has 9 nitrogen and oxygen atoms in total. The summed E-state index contributed by atoms with van der Waals surface area (Å²) in [6, 6.07) is 12.7. The van der Waals surface area contributed by atoms with E-state index in [4.69, 9.17) is 35.3 Å². The van der Waals surface area contributed by atoms with Gasteiger partial charge in [0.15, 0.2) is 6.10 Å². The molecule has 1 fully saturated rings. The summed E-state index contributed by atoms with van der Waals surface area (Å²) in [5, 5.41) is 0.332. The van der Waals surface area contributed by atoms with Gasteiger partial charge in [-0.3, -0.25) is 14.4 Å². The van der Waals surface area contributed by atoms with Gasteiger partial charge in [0.25, 0.3) is 5.91 Å². The van der Waals surface area contributed by atoms with Crippen LogP contribution in [0.2, 0.25) is 5.02 Å². The molecule has 10 heteroatoms. The van der Waals surface area contributed by atoms with E-state index in [1.54, 1.807) is 29.2 Å².